The molecule has 1 N–H and O–H groups in total. The molecular formula is C19H22F2N2O. The van der Waals surface area contributed by atoms with Crippen molar-refractivity contribution in [2.45, 2.75) is 19.4 Å². The Morgan fingerprint density at radius 2 is 1.75 bits per heavy atom. The maximum atomic E-state index is 13.2. The van der Waals surface area contributed by atoms with Crippen LogP contribution in [0.3, 0.4) is 0 Å². The highest BCUT2D eigenvalue weighted by atomic mass is 19.1. The van der Waals surface area contributed by atoms with Crippen molar-refractivity contribution in [3.8, 4) is 0 Å². The van der Waals surface area contributed by atoms with Gasteiger partial charge in [0.15, 0.2) is 0 Å². The van der Waals surface area contributed by atoms with Crippen LogP contribution in [0.2, 0.25) is 0 Å². The quantitative estimate of drug-likeness (QED) is 0.844. The fourth-order valence-corrected chi connectivity index (χ4v) is 2.61. The lowest BCUT2D eigenvalue weighted by atomic mass is 10.0. The second kappa shape index (κ2) is 8.55. The SMILES string of the molecule is CCN(C)C(C(=O)NCCc1cc(F)cc(F)c1)c1ccccc1. The third kappa shape index (κ3) is 4.86. The summed E-state index contributed by atoms with van der Waals surface area (Å²) in [6.45, 7) is 3.03. The van der Waals surface area contributed by atoms with Crippen molar-refractivity contribution in [3.05, 3.63) is 71.3 Å². The second-order valence-corrected chi connectivity index (χ2v) is 5.71. The Hall–Kier alpha value is -2.27. The lowest BCUT2D eigenvalue weighted by molar-refractivity contribution is -0.126. The van der Waals surface area contributed by atoms with E-state index in [-0.39, 0.29) is 11.9 Å². The average Bonchev–Trinajstić information content (AvgIpc) is 2.55. The molecule has 1 amide bonds. The molecule has 0 spiro atoms. The van der Waals surface area contributed by atoms with Crippen molar-refractivity contribution in [2.24, 2.45) is 0 Å². The minimum absolute atomic E-state index is 0.123. The van der Waals surface area contributed by atoms with Crippen LogP contribution in [0.15, 0.2) is 48.5 Å². The van der Waals surface area contributed by atoms with Gasteiger partial charge in [0.2, 0.25) is 5.91 Å². The van der Waals surface area contributed by atoms with Gasteiger partial charge in [0.05, 0.1) is 0 Å². The maximum Gasteiger partial charge on any atom is 0.241 e. The minimum atomic E-state index is -0.607. The zero-order valence-corrected chi connectivity index (χ0v) is 13.9. The van der Waals surface area contributed by atoms with E-state index in [1.807, 2.05) is 49.2 Å². The Morgan fingerprint density at radius 1 is 1.12 bits per heavy atom. The maximum absolute atomic E-state index is 13.2. The summed E-state index contributed by atoms with van der Waals surface area (Å²) in [7, 11) is 1.89. The first-order chi connectivity index (χ1) is 11.5. The van der Waals surface area contributed by atoms with Crippen molar-refractivity contribution in [1.29, 1.82) is 0 Å². The Labute approximate surface area is 141 Å². The minimum Gasteiger partial charge on any atom is -0.354 e. The Balaban J connectivity index is 2.00. The molecule has 3 nitrogen and oxygen atoms in total. The van der Waals surface area contributed by atoms with Gasteiger partial charge in [0, 0.05) is 12.6 Å². The number of nitrogens with one attached hydrogen (secondary N) is 1. The fraction of sp³-hybridized carbons (Fsp3) is 0.316. The van der Waals surface area contributed by atoms with E-state index >= 15 is 0 Å². The van der Waals surface area contributed by atoms with E-state index in [2.05, 4.69) is 5.32 Å². The van der Waals surface area contributed by atoms with E-state index in [9.17, 15) is 13.6 Å². The molecule has 0 aliphatic rings. The average molecular weight is 332 g/mol. The molecule has 0 saturated carbocycles. The molecule has 0 radical (unpaired) electrons. The molecule has 2 aromatic rings. The summed E-state index contributed by atoms with van der Waals surface area (Å²) in [6, 6.07) is 12.5. The molecule has 0 bridgehead atoms. The van der Waals surface area contributed by atoms with Gasteiger partial charge >= 0.3 is 0 Å². The summed E-state index contributed by atoms with van der Waals surface area (Å²) in [4.78, 5) is 14.5. The molecule has 0 heterocycles. The van der Waals surface area contributed by atoms with Gasteiger partial charge in [0.25, 0.3) is 0 Å². The van der Waals surface area contributed by atoms with Crippen LogP contribution >= 0.6 is 0 Å². The lowest BCUT2D eigenvalue weighted by Crippen LogP contribution is -2.39. The zero-order chi connectivity index (χ0) is 17.5. The highest BCUT2D eigenvalue weighted by Gasteiger charge is 2.23. The van der Waals surface area contributed by atoms with Crippen LogP contribution in [-0.4, -0.2) is 30.9 Å². The van der Waals surface area contributed by atoms with Crippen LogP contribution < -0.4 is 5.32 Å². The monoisotopic (exact) mass is 332 g/mol. The fourth-order valence-electron chi connectivity index (χ4n) is 2.61. The number of likely N-dealkylation sites (N-methyl/N-ethyl adjacent to an activating group) is 1. The summed E-state index contributed by atoms with van der Waals surface area (Å²) in [5.41, 5.74) is 1.43. The summed E-state index contributed by atoms with van der Waals surface area (Å²) >= 11 is 0. The summed E-state index contributed by atoms with van der Waals surface area (Å²) in [5.74, 6) is -1.34. The highest BCUT2D eigenvalue weighted by Crippen LogP contribution is 2.19. The summed E-state index contributed by atoms with van der Waals surface area (Å²) in [5, 5.41) is 2.86. The van der Waals surface area contributed by atoms with E-state index in [4.69, 9.17) is 0 Å². The first-order valence-corrected chi connectivity index (χ1v) is 7.99. The first kappa shape index (κ1) is 18.1. The predicted molar refractivity (Wildman–Crippen MR) is 90.6 cm³/mol. The van der Waals surface area contributed by atoms with Crippen LogP contribution in [-0.2, 0) is 11.2 Å². The number of rotatable bonds is 7. The van der Waals surface area contributed by atoms with Crippen LogP contribution in [0.25, 0.3) is 0 Å². The Morgan fingerprint density at radius 3 is 2.33 bits per heavy atom. The van der Waals surface area contributed by atoms with Gasteiger partial charge in [-0.15, -0.1) is 0 Å². The second-order valence-electron chi connectivity index (χ2n) is 5.71. The third-order valence-electron chi connectivity index (χ3n) is 3.94. The van der Waals surface area contributed by atoms with Crippen molar-refractivity contribution < 1.29 is 13.6 Å². The molecular weight excluding hydrogens is 310 g/mol. The van der Waals surface area contributed by atoms with E-state index < -0.39 is 11.6 Å². The number of hydrogen-bond donors (Lipinski definition) is 1. The normalized spacial score (nSPS) is 12.2. The highest BCUT2D eigenvalue weighted by molar-refractivity contribution is 5.83. The van der Waals surface area contributed by atoms with E-state index in [0.717, 1.165) is 18.2 Å². The topological polar surface area (TPSA) is 32.3 Å². The molecule has 5 heteroatoms. The number of benzene rings is 2. The molecule has 0 aliphatic carbocycles. The molecule has 0 saturated heterocycles. The molecule has 2 aromatic carbocycles. The van der Waals surface area contributed by atoms with Gasteiger partial charge in [0.1, 0.15) is 17.7 Å². The van der Waals surface area contributed by atoms with Crippen LogP contribution in [0.1, 0.15) is 24.1 Å². The van der Waals surface area contributed by atoms with E-state index in [0.29, 0.717) is 18.5 Å². The van der Waals surface area contributed by atoms with Gasteiger partial charge in [-0.1, -0.05) is 37.3 Å². The van der Waals surface area contributed by atoms with Crippen molar-refractivity contribution in [2.75, 3.05) is 20.1 Å². The first-order valence-electron chi connectivity index (χ1n) is 7.99. The van der Waals surface area contributed by atoms with Gasteiger partial charge in [-0.05, 0) is 43.3 Å². The molecule has 0 aromatic heterocycles. The molecule has 1 atom stereocenters. The number of halogens is 2. The van der Waals surface area contributed by atoms with Crippen LogP contribution in [0, 0.1) is 11.6 Å². The molecule has 24 heavy (non-hydrogen) atoms. The van der Waals surface area contributed by atoms with Gasteiger partial charge in [-0.2, -0.15) is 0 Å². The molecule has 0 aliphatic heterocycles. The Bertz CT molecular complexity index is 656. The standard InChI is InChI=1S/C19H22F2N2O/c1-3-23(2)18(15-7-5-4-6-8-15)19(24)22-10-9-14-11-16(20)13-17(21)12-14/h4-8,11-13,18H,3,9-10H2,1-2H3,(H,22,24). The molecule has 128 valence electrons. The van der Waals surface area contributed by atoms with Crippen molar-refractivity contribution in [3.63, 3.8) is 0 Å². The summed E-state index contributed by atoms with van der Waals surface area (Å²) in [6.07, 6.45) is 0.373. The van der Waals surface area contributed by atoms with Gasteiger partial charge in [-0.25, -0.2) is 8.78 Å². The van der Waals surface area contributed by atoms with Gasteiger partial charge < -0.3 is 5.32 Å². The van der Waals surface area contributed by atoms with E-state index in [1.165, 1.54) is 12.1 Å². The molecule has 1 unspecified atom stereocenters. The number of nitrogens with zero attached hydrogens (tertiary/aromatic N) is 1. The smallest absolute Gasteiger partial charge is 0.241 e. The number of carbonyl (C=O) groups is 1. The number of amides is 1. The van der Waals surface area contributed by atoms with Crippen molar-refractivity contribution in [1.82, 2.24) is 10.2 Å². The Kier molecular flexibility index (Phi) is 6.44. The summed E-state index contributed by atoms with van der Waals surface area (Å²) < 4.78 is 26.4. The predicted octanol–water partition coefficient (Wildman–Crippen LogP) is 3.32. The molecule has 2 rings (SSSR count). The molecule has 0 fully saturated rings. The van der Waals surface area contributed by atoms with Gasteiger partial charge in [-0.3, -0.25) is 9.69 Å². The lowest BCUT2D eigenvalue weighted by Gasteiger charge is -2.26. The zero-order valence-electron chi connectivity index (χ0n) is 13.9. The van der Waals surface area contributed by atoms with Crippen molar-refractivity contribution >= 4 is 5.91 Å². The van der Waals surface area contributed by atoms with E-state index in [1.54, 1.807) is 0 Å². The van der Waals surface area contributed by atoms with Crippen LogP contribution in [0.5, 0.6) is 0 Å². The largest absolute Gasteiger partial charge is 0.354 e. The third-order valence-corrected chi connectivity index (χ3v) is 3.94. The number of carbonyl (C=O) groups excluding carboxylic acids is 1. The van der Waals surface area contributed by atoms with Crippen LogP contribution in [0.4, 0.5) is 8.78 Å². The number of hydrogen-bond acceptors (Lipinski definition) is 2.